The summed E-state index contributed by atoms with van der Waals surface area (Å²) in [6.45, 7) is 6.08. The van der Waals surface area contributed by atoms with Gasteiger partial charge in [0.2, 0.25) is 5.91 Å². The molecule has 0 fully saturated rings. The van der Waals surface area contributed by atoms with Crippen LogP contribution in [0.5, 0.6) is 0 Å². The molecule has 0 spiro atoms. The molecular formula is C8H17NO2S. The number of rotatable bonds is 6. The van der Waals surface area contributed by atoms with Crippen molar-refractivity contribution in [2.75, 3.05) is 25.5 Å². The van der Waals surface area contributed by atoms with Crippen LogP contribution in [0, 0.1) is 5.92 Å². The zero-order valence-corrected chi connectivity index (χ0v) is 8.56. The van der Waals surface area contributed by atoms with Gasteiger partial charge in [-0.25, -0.2) is 0 Å². The molecule has 0 unspecified atom stereocenters. The average Bonchev–Trinajstić information content (AvgIpc) is 2.03. The molecule has 0 aromatic carbocycles. The molecule has 1 amide bonds. The molecular weight excluding hydrogens is 174 g/mol. The van der Waals surface area contributed by atoms with Crippen LogP contribution in [0.2, 0.25) is 0 Å². The fourth-order valence-electron chi connectivity index (χ4n) is 0.638. The molecule has 0 atom stereocenters. The molecule has 0 aliphatic carbocycles. The number of carbonyl (C=O) groups excluding carboxylic acids is 1. The van der Waals surface area contributed by atoms with Gasteiger partial charge in [0.1, 0.15) is 0 Å². The Balaban J connectivity index is 3.05. The molecule has 0 aliphatic heterocycles. The minimum Gasteiger partial charge on any atom is -0.379 e. The molecule has 0 bridgehead atoms. The van der Waals surface area contributed by atoms with Gasteiger partial charge in [0, 0.05) is 13.2 Å². The maximum atomic E-state index is 10.7. The molecule has 0 radical (unpaired) electrons. The van der Waals surface area contributed by atoms with Gasteiger partial charge in [0.25, 0.3) is 0 Å². The number of nitrogens with one attached hydrogen (secondary N) is 1. The number of hydrogen-bond donors (Lipinski definition) is 2. The second-order valence-electron chi connectivity index (χ2n) is 2.98. The standard InChI is InChI=1S/C8H17NO2S/c1-7(2)5-11-4-3-9-8(10)6-12/h7,12H,3-6H2,1-2H3,(H,9,10). The van der Waals surface area contributed by atoms with E-state index >= 15 is 0 Å². The maximum absolute atomic E-state index is 10.7. The Bertz CT molecular complexity index is 128. The average molecular weight is 191 g/mol. The highest BCUT2D eigenvalue weighted by molar-refractivity contribution is 7.81. The van der Waals surface area contributed by atoms with Crippen molar-refractivity contribution in [3.8, 4) is 0 Å². The van der Waals surface area contributed by atoms with Crippen LogP contribution in [0.25, 0.3) is 0 Å². The van der Waals surface area contributed by atoms with E-state index in [4.69, 9.17) is 4.74 Å². The first-order valence-electron chi connectivity index (χ1n) is 4.12. The lowest BCUT2D eigenvalue weighted by Gasteiger charge is -2.06. The fraction of sp³-hybridized carbons (Fsp3) is 0.875. The van der Waals surface area contributed by atoms with Crippen LogP contribution in [-0.2, 0) is 9.53 Å². The number of hydrogen-bond acceptors (Lipinski definition) is 3. The van der Waals surface area contributed by atoms with Crippen LogP contribution in [0.1, 0.15) is 13.8 Å². The molecule has 0 aliphatic rings. The second kappa shape index (κ2) is 7.43. The number of thiol groups is 1. The molecule has 0 rings (SSSR count). The lowest BCUT2D eigenvalue weighted by atomic mass is 10.2. The Morgan fingerprint density at radius 2 is 2.25 bits per heavy atom. The summed E-state index contributed by atoms with van der Waals surface area (Å²) in [5.74, 6) is 0.738. The third-order valence-corrected chi connectivity index (χ3v) is 1.45. The van der Waals surface area contributed by atoms with E-state index in [9.17, 15) is 4.79 Å². The van der Waals surface area contributed by atoms with Crippen molar-refractivity contribution in [2.24, 2.45) is 5.92 Å². The topological polar surface area (TPSA) is 38.3 Å². The summed E-state index contributed by atoms with van der Waals surface area (Å²) in [5.41, 5.74) is 0. The van der Waals surface area contributed by atoms with E-state index in [1.165, 1.54) is 0 Å². The minimum atomic E-state index is -0.0496. The third kappa shape index (κ3) is 7.88. The summed E-state index contributed by atoms with van der Waals surface area (Å²) in [5, 5.41) is 2.67. The smallest absolute Gasteiger partial charge is 0.229 e. The minimum absolute atomic E-state index is 0.0496. The molecule has 12 heavy (non-hydrogen) atoms. The largest absolute Gasteiger partial charge is 0.379 e. The number of amides is 1. The van der Waals surface area contributed by atoms with Gasteiger partial charge in [-0.05, 0) is 5.92 Å². The zero-order valence-electron chi connectivity index (χ0n) is 7.67. The van der Waals surface area contributed by atoms with E-state index in [0.717, 1.165) is 6.61 Å². The van der Waals surface area contributed by atoms with Crippen LogP contribution in [0.15, 0.2) is 0 Å². The molecule has 0 saturated carbocycles. The van der Waals surface area contributed by atoms with E-state index in [1.54, 1.807) is 0 Å². The molecule has 72 valence electrons. The molecule has 3 nitrogen and oxygen atoms in total. The van der Waals surface area contributed by atoms with Gasteiger partial charge in [-0.1, -0.05) is 13.8 Å². The summed E-state index contributed by atoms with van der Waals surface area (Å²) in [7, 11) is 0. The van der Waals surface area contributed by atoms with Gasteiger partial charge in [0.05, 0.1) is 12.4 Å². The first-order valence-corrected chi connectivity index (χ1v) is 4.75. The molecule has 4 heteroatoms. The molecule has 0 heterocycles. The number of carbonyl (C=O) groups is 1. The summed E-state index contributed by atoms with van der Waals surface area (Å²) < 4.78 is 5.25. The highest BCUT2D eigenvalue weighted by atomic mass is 32.1. The predicted molar refractivity (Wildman–Crippen MR) is 52.5 cm³/mol. The Morgan fingerprint density at radius 1 is 1.58 bits per heavy atom. The Morgan fingerprint density at radius 3 is 2.75 bits per heavy atom. The Hall–Kier alpha value is -0.220. The summed E-state index contributed by atoms with van der Waals surface area (Å²) in [4.78, 5) is 10.7. The number of ether oxygens (including phenoxy) is 1. The van der Waals surface area contributed by atoms with Crippen molar-refractivity contribution in [3.63, 3.8) is 0 Å². The van der Waals surface area contributed by atoms with Gasteiger partial charge in [-0.3, -0.25) is 4.79 Å². The lowest BCUT2D eigenvalue weighted by molar-refractivity contribution is -0.118. The van der Waals surface area contributed by atoms with Crippen LogP contribution in [-0.4, -0.2) is 31.4 Å². The Labute approximate surface area is 79.3 Å². The monoisotopic (exact) mass is 191 g/mol. The van der Waals surface area contributed by atoms with E-state index in [1.807, 2.05) is 0 Å². The van der Waals surface area contributed by atoms with Gasteiger partial charge >= 0.3 is 0 Å². The third-order valence-electron chi connectivity index (χ3n) is 1.16. The van der Waals surface area contributed by atoms with Crippen LogP contribution >= 0.6 is 12.6 Å². The molecule has 0 saturated heterocycles. The SMILES string of the molecule is CC(C)COCCNC(=O)CS. The quantitative estimate of drug-likeness (QED) is 0.479. The van der Waals surface area contributed by atoms with E-state index in [0.29, 0.717) is 19.1 Å². The van der Waals surface area contributed by atoms with Gasteiger partial charge in [0.15, 0.2) is 0 Å². The van der Waals surface area contributed by atoms with Crippen molar-refractivity contribution >= 4 is 18.5 Å². The van der Waals surface area contributed by atoms with Crippen molar-refractivity contribution < 1.29 is 9.53 Å². The summed E-state index contributed by atoms with van der Waals surface area (Å²) in [6, 6.07) is 0. The zero-order chi connectivity index (χ0) is 9.40. The second-order valence-corrected chi connectivity index (χ2v) is 3.29. The van der Waals surface area contributed by atoms with Crippen molar-refractivity contribution in [3.05, 3.63) is 0 Å². The first-order chi connectivity index (χ1) is 5.66. The lowest BCUT2D eigenvalue weighted by Crippen LogP contribution is -2.28. The summed E-state index contributed by atoms with van der Waals surface area (Å²) >= 11 is 3.82. The first kappa shape index (κ1) is 11.8. The normalized spacial score (nSPS) is 10.3. The predicted octanol–water partition coefficient (Wildman–Crippen LogP) is 0.705. The van der Waals surface area contributed by atoms with Gasteiger partial charge < -0.3 is 10.1 Å². The molecule has 0 aromatic heterocycles. The van der Waals surface area contributed by atoms with Crippen molar-refractivity contribution in [1.29, 1.82) is 0 Å². The Kier molecular flexibility index (Phi) is 7.29. The maximum Gasteiger partial charge on any atom is 0.229 e. The van der Waals surface area contributed by atoms with Crippen LogP contribution in [0.4, 0.5) is 0 Å². The summed E-state index contributed by atoms with van der Waals surface area (Å²) in [6.07, 6.45) is 0. The van der Waals surface area contributed by atoms with Crippen LogP contribution < -0.4 is 5.32 Å². The fourth-order valence-corrected chi connectivity index (χ4v) is 0.749. The van der Waals surface area contributed by atoms with Gasteiger partial charge in [-0.2, -0.15) is 12.6 Å². The van der Waals surface area contributed by atoms with E-state index in [2.05, 4.69) is 31.8 Å². The highest BCUT2D eigenvalue weighted by Crippen LogP contribution is 1.90. The van der Waals surface area contributed by atoms with E-state index in [-0.39, 0.29) is 11.7 Å². The van der Waals surface area contributed by atoms with E-state index < -0.39 is 0 Å². The highest BCUT2D eigenvalue weighted by Gasteiger charge is 1.96. The van der Waals surface area contributed by atoms with Crippen molar-refractivity contribution in [2.45, 2.75) is 13.8 Å². The molecule has 1 N–H and O–H groups in total. The molecule has 0 aromatic rings. The van der Waals surface area contributed by atoms with Gasteiger partial charge in [-0.15, -0.1) is 0 Å². The van der Waals surface area contributed by atoms with Crippen molar-refractivity contribution in [1.82, 2.24) is 5.32 Å². The van der Waals surface area contributed by atoms with Crippen LogP contribution in [0.3, 0.4) is 0 Å².